The lowest BCUT2D eigenvalue weighted by atomic mass is 10.1. The summed E-state index contributed by atoms with van der Waals surface area (Å²) in [4.78, 5) is 29.4. The minimum atomic E-state index is -0.526. The molecular formula is C18H23N3O3. The van der Waals surface area contributed by atoms with E-state index in [1.165, 1.54) is 0 Å². The first-order valence-electron chi connectivity index (χ1n) is 8.18. The minimum Gasteiger partial charge on any atom is -0.444 e. The maximum absolute atomic E-state index is 12.5. The first-order valence-corrected chi connectivity index (χ1v) is 8.18. The summed E-state index contributed by atoms with van der Waals surface area (Å²) in [5.74, 6) is -0.276. The van der Waals surface area contributed by atoms with Crippen molar-refractivity contribution in [2.24, 2.45) is 5.92 Å². The van der Waals surface area contributed by atoms with Gasteiger partial charge >= 0.3 is 6.09 Å². The standard InChI is InChI=1S/C18H23N3O3/c1-18(2,3)24-17(23)21-10-8-12(11-21)16(22)20-15-6-4-5-14-13(15)7-9-19-14/h4-7,9,12,19H,8,10-11H2,1-3H3,(H,20,22). The van der Waals surface area contributed by atoms with E-state index < -0.39 is 5.60 Å². The van der Waals surface area contributed by atoms with Gasteiger partial charge in [-0.05, 0) is 45.4 Å². The summed E-state index contributed by atoms with van der Waals surface area (Å²) in [6, 6.07) is 7.68. The highest BCUT2D eigenvalue weighted by atomic mass is 16.6. The van der Waals surface area contributed by atoms with E-state index in [0.717, 1.165) is 16.6 Å². The summed E-state index contributed by atoms with van der Waals surface area (Å²) >= 11 is 0. The Morgan fingerprint density at radius 2 is 2.08 bits per heavy atom. The molecule has 6 nitrogen and oxygen atoms in total. The zero-order valence-electron chi connectivity index (χ0n) is 14.3. The van der Waals surface area contributed by atoms with Crippen LogP contribution in [0.2, 0.25) is 0 Å². The van der Waals surface area contributed by atoms with Crippen molar-refractivity contribution < 1.29 is 14.3 Å². The lowest BCUT2D eigenvalue weighted by molar-refractivity contribution is -0.119. The van der Waals surface area contributed by atoms with Crippen molar-refractivity contribution in [2.75, 3.05) is 18.4 Å². The van der Waals surface area contributed by atoms with Gasteiger partial charge in [-0.3, -0.25) is 4.79 Å². The highest BCUT2D eigenvalue weighted by molar-refractivity contribution is 6.02. The maximum Gasteiger partial charge on any atom is 0.410 e. The van der Waals surface area contributed by atoms with Crippen molar-refractivity contribution in [3.8, 4) is 0 Å². The van der Waals surface area contributed by atoms with Crippen molar-refractivity contribution in [2.45, 2.75) is 32.8 Å². The average Bonchev–Trinajstić information content (AvgIpc) is 3.15. The van der Waals surface area contributed by atoms with E-state index in [4.69, 9.17) is 4.74 Å². The van der Waals surface area contributed by atoms with Gasteiger partial charge in [0.25, 0.3) is 0 Å². The van der Waals surface area contributed by atoms with Crippen LogP contribution in [-0.2, 0) is 9.53 Å². The predicted molar refractivity (Wildman–Crippen MR) is 92.8 cm³/mol. The number of carbonyl (C=O) groups is 2. The van der Waals surface area contributed by atoms with Gasteiger partial charge in [0.05, 0.1) is 11.6 Å². The molecule has 0 spiro atoms. The van der Waals surface area contributed by atoms with Gasteiger partial charge in [0.15, 0.2) is 0 Å². The Morgan fingerprint density at radius 3 is 2.83 bits per heavy atom. The fourth-order valence-corrected chi connectivity index (χ4v) is 2.90. The monoisotopic (exact) mass is 329 g/mol. The van der Waals surface area contributed by atoms with Crippen molar-refractivity contribution in [1.29, 1.82) is 0 Å². The van der Waals surface area contributed by atoms with Crippen LogP contribution in [0.3, 0.4) is 0 Å². The number of nitrogens with one attached hydrogen (secondary N) is 2. The van der Waals surface area contributed by atoms with Crippen LogP contribution >= 0.6 is 0 Å². The molecule has 2 N–H and O–H groups in total. The van der Waals surface area contributed by atoms with Gasteiger partial charge in [0, 0.05) is 30.2 Å². The number of aromatic amines is 1. The van der Waals surface area contributed by atoms with E-state index in [9.17, 15) is 9.59 Å². The molecule has 3 rings (SSSR count). The highest BCUT2D eigenvalue weighted by Crippen LogP contribution is 2.25. The maximum atomic E-state index is 12.5. The molecule has 2 amide bonds. The third kappa shape index (κ3) is 3.53. The summed E-state index contributed by atoms with van der Waals surface area (Å²) in [5, 5.41) is 3.96. The molecule has 1 aromatic heterocycles. The molecule has 1 fully saturated rings. The molecule has 2 heterocycles. The van der Waals surface area contributed by atoms with Crippen molar-refractivity contribution in [3.63, 3.8) is 0 Å². The van der Waals surface area contributed by atoms with Crippen LogP contribution in [0.25, 0.3) is 10.9 Å². The Balaban J connectivity index is 1.63. The number of amides is 2. The Bertz CT molecular complexity index is 760. The summed E-state index contributed by atoms with van der Waals surface area (Å²) in [6.07, 6.45) is 2.14. The van der Waals surface area contributed by atoms with Gasteiger partial charge in [-0.1, -0.05) is 6.07 Å². The zero-order valence-corrected chi connectivity index (χ0v) is 14.3. The number of carbonyl (C=O) groups excluding carboxylic acids is 2. The Hall–Kier alpha value is -2.50. The molecule has 0 aliphatic carbocycles. The number of hydrogen-bond donors (Lipinski definition) is 2. The minimum absolute atomic E-state index is 0.0604. The third-order valence-corrected chi connectivity index (χ3v) is 4.06. The van der Waals surface area contributed by atoms with E-state index in [-0.39, 0.29) is 17.9 Å². The molecule has 1 aliphatic rings. The van der Waals surface area contributed by atoms with E-state index in [1.807, 2.05) is 51.2 Å². The number of anilines is 1. The van der Waals surface area contributed by atoms with Gasteiger partial charge in [0.2, 0.25) is 5.91 Å². The van der Waals surface area contributed by atoms with Crippen LogP contribution in [0.5, 0.6) is 0 Å². The second-order valence-electron chi connectivity index (χ2n) is 7.15. The number of nitrogens with zero attached hydrogens (tertiary/aromatic N) is 1. The third-order valence-electron chi connectivity index (χ3n) is 4.06. The summed E-state index contributed by atoms with van der Waals surface area (Å²) < 4.78 is 5.37. The van der Waals surface area contributed by atoms with Crippen LogP contribution in [0.4, 0.5) is 10.5 Å². The number of benzene rings is 1. The quantitative estimate of drug-likeness (QED) is 0.887. The van der Waals surface area contributed by atoms with E-state index >= 15 is 0 Å². The first kappa shape index (κ1) is 16.4. The molecule has 128 valence electrons. The number of H-pyrrole nitrogens is 1. The molecule has 1 aromatic carbocycles. The van der Waals surface area contributed by atoms with Gasteiger partial charge < -0.3 is 19.9 Å². The Labute approximate surface area is 141 Å². The van der Waals surface area contributed by atoms with Gasteiger partial charge in [0.1, 0.15) is 5.60 Å². The molecular weight excluding hydrogens is 306 g/mol. The van der Waals surface area contributed by atoms with Crippen molar-refractivity contribution >= 4 is 28.6 Å². The van der Waals surface area contributed by atoms with E-state index in [1.54, 1.807) is 4.90 Å². The molecule has 0 saturated carbocycles. The number of hydrogen-bond acceptors (Lipinski definition) is 3. The number of aromatic nitrogens is 1. The second kappa shape index (κ2) is 6.19. The average molecular weight is 329 g/mol. The molecule has 6 heteroatoms. The smallest absolute Gasteiger partial charge is 0.410 e. The molecule has 1 atom stereocenters. The fourth-order valence-electron chi connectivity index (χ4n) is 2.90. The molecule has 0 radical (unpaired) electrons. The van der Waals surface area contributed by atoms with Crippen LogP contribution in [0, 0.1) is 5.92 Å². The van der Waals surface area contributed by atoms with E-state index in [0.29, 0.717) is 19.5 Å². The Morgan fingerprint density at radius 1 is 1.29 bits per heavy atom. The topological polar surface area (TPSA) is 74.4 Å². The second-order valence-corrected chi connectivity index (χ2v) is 7.15. The summed E-state index contributed by atoms with van der Waals surface area (Å²) in [7, 11) is 0. The van der Waals surface area contributed by atoms with Gasteiger partial charge in [-0.25, -0.2) is 4.79 Å². The molecule has 0 bridgehead atoms. The van der Waals surface area contributed by atoms with Crippen LogP contribution in [0.15, 0.2) is 30.5 Å². The van der Waals surface area contributed by atoms with Crippen molar-refractivity contribution in [3.05, 3.63) is 30.5 Å². The largest absolute Gasteiger partial charge is 0.444 e. The summed E-state index contributed by atoms with van der Waals surface area (Å²) in [6.45, 7) is 6.44. The predicted octanol–water partition coefficient (Wildman–Crippen LogP) is 3.36. The molecule has 2 aromatic rings. The van der Waals surface area contributed by atoms with Crippen molar-refractivity contribution in [1.82, 2.24) is 9.88 Å². The molecule has 1 unspecified atom stereocenters. The van der Waals surface area contributed by atoms with Gasteiger partial charge in [-0.2, -0.15) is 0 Å². The number of likely N-dealkylation sites (tertiary alicyclic amines) is 1. The Kier molecular flexibility index (Phi) is 4.22. The molecule has 1 saturated heterocycles. The van der Waals surface area contributed by atoms with Crippen LogP contribution in [0.1, 0.15) is 27.2 Å². The number of rotatable bonds is 2. The number of fused-ring (bicyclic) bond motifs is 1. The lowest BCUT2D eigenvalue weighted by Crippen LogP contribution is -2.36. The lowest BCUT2D eigenvalue weighted by Gasteiger charge is -2.24. The molecule has 1 aliphatic heterocycles. The SMILES string of the molecule is CC(C)(C)OC(=O)N1CCC(C(=O)Nc2cccc3[nH]ccc23)C1. The zero-order chi connectivity index (χ0) is 17.3. The van der Waals surface area contributed by atoms with Crippen LogP contribution < -0.4 is 5.32 Å². The fraction of sp³-hybridized carbons (Fsp3) is 0.444. The molecule has 24 heavy (non-hydrogen) atoms. The first-order chi connectivity index (χ1) is 11.3. The van der Waals surface area contributed by atoms with Gasteiger partial charge in [-0.15, -0.1) is 0 Å². The highest BCUT2D eigenvalue weighted by Gasteiger charge is 2.33. The normalized spacial score (nSPS) is 18.0. The van der Waals surface area contributed by atoms with E-state index in [2.05, 4.69) is 10.3 Å². The summed E-state index contributed by atoms with van der Waals surface area (Å²) in [5.41, 5.74) is 1.24. The van der Waals surface area contributed by atoms with Crippen LogP contribution in [-0.4, -0.2) is 40.6 Å². The number of ether oxygens (including phenoxy) is 1.